The molecular formula is C14H20N4S. The lowest BCUT2D eigenvalue weighted by Crippen LogP contribution is -2.20. The summed E-state index contributed by atoms with van der Waals surface area (Å²) in [5.41, 5.74) is 6.77. The van der Waals surface area contributed by atoms with E-state index in [4.69, 9.17) is 5.73 Å². The fraction of sp³-hybridized carbons (Fsp3) is 0.429. The second-order valence-electron chi connectivity index (χ2n) is 4.72. The first-order chi connectivity index (χ1) is 9.22. The summed E-state index contributed by atoms with van der Waals surface area (Å²) in [7, 11) is 0. The number of anilines is 2. The monoisotopic (exact) mass is 276 g/mol. The summed E-state index contributed by atoms with van der Waals surface area (Å²) in [6.45, 7) is 5.77. The summed E-state index contributed by atoms with van der Waals surface area (Å²) in [4.78, 5) is 6.82. The van der Waals surface area contributed by atoms with Crippen LogP contribution in [0.1, 0.15) is 32.0 Å². The van der Waals surface area contributed by atoms with Crippen molar-refractivity contribution in [1.82, 2.24) is 9.36 Å². The van der Waals surface area contributed by atoms with E-state index in [1.165, 1.54) is 11.5 Å². The lowest BCUT2D eigenvalue weighted by atomic mass is 10.2. The molecule has 0 saturated carbocycles. The third-order valence-corrected chi connectivity index (χ3v) is 3.59. The molecule has 1 heterocycles. The minimum Gasteiger partial charge on any atom is -0.330 e. The van der Waals surface area contributed by atoms with E-state index in [0.29, 0.717) is 12.5 Å². The number of aromatic nitrogens is 2. The fourth-order valence-electron chi connectivity index (χ4n) is 1.76. The van der Waals surface area contributed by atoms with Crippen LogP contribution in [0, 0.1) is 0 Å². The number of rotatable bonds is 6. The molecule has 2 aromatic rings. The van der Waals surface area contributed by atoms with Gasteiger partial charge in [-0.25, -0.2) is 4.98 Å². The number of para-hydroxylation sites is 1. The molecule has 1 aromatic carbocycles. The maximum atomic E-state index is 5.63. The summed E-state index contributed by atoms with van der Waals surface area (Å²) >= 11 is 1.46. The fourth-order valence-corrected chi connectivity index (χ4v) is 2.62. The second kappa shape index (κ2) is 6.63. The van der Waals surface area contributed by atoms with Gasteiger partial charge in [0.1, 0.15) is 5.82 Å². The molecule has 0 unspecified atom stereocenters. The van der Waals surface area contributed by atoms with Crippen LogP contribution in [0.2, 0.25) is 0 Å². The first-order valence-corrected chi connectivity index (χ1v) is 7.36. The molecule has 0 aliphatic heterocycles. The van der Waals surface area contributed by atoms with Crippen LogP contribution < -0.4 is 10.6 Å². The van der Waals surface area contributed by atoms with Crippen LogP contribution >= 0.6 is 11.5 Å². The Balaban J connectivity index is 2.26. The molecule has 0 aliphatic rings. The van der Waals surface area contributed by atoms with Crippen LogP contribution in [0.5, 0.6) is 0 Å². The standard InChI is InChI=1S/C14H20N4S/c1-11(2)13-16-14(19-17-13)18(10-6-9-15)12-7-4-3-5-8-12/h3-5,7-8,11H,6,9-10,15H2,1-2H3. The highest BCUT2D eigenvalue weighted by molar-refractivity contribution is 7.09. The molecule has 5 heteroatoms. The van der Waals surface area contributed by atoms with Crippen LogP contribution in [-0.2, 0) is 0 Å². The third kappa shape index (κ3) is 3.52. The van der Waals surface area contributed by atoms with Crippen LogP contribution in [0.3, 0.4) is 0 Å². The summed E-state index contributed by atoms with van der Waals surface area (Å²) in [6.07, 6.45) is 0.936. The predicted octanol–water partition coefficient (Wildman–Crippen LogP) is 3.15. The number of benzene rings is 1. The second-order valence-corrected chi connectivity index (χ2v) is 5.45. The maximum absolute atomic E-state index is 5.63. The van der Waals surface area contributed by atoms with Gasteiger partial charge < -0.3 is 10.6 Å². The number of nitrogens with two attached hydrogens (primary N) is 1. The normalized spacial score (nSPS) is 10.9. The van der Waals surface area contributed by atoms with Gasteiger partial charge in [-0.05, 0) is 25.1 Å². The van der Waals surface area contributed by atoms with Crippen molar-refractivity contribution in [2.24, 2.45) is 5.73 Å². The zero-order chi connectivity index (χ0) is 13.7. The molecule has 0 radical (unpaired) electrons. The molecule has 2 N–H and O–H groups in total. The Morgan fingerprint density at radius 1 is 1.26 bits per heavy atom. The maximum Gasteiger partial charge on any atom is 0.209 e. The van der Waals surface area contributed by atoms with Gasteiger partial charge in [0.05, 0.1) is 0 Å². The van der Waals surface area contributed by atoms with Crippen molar-refractivity contribution in [2.45, 2.75) is 26.2 Å². The Labute approximate surface area is 118 Å². The van der Waals surface area contributed by atoms with Crippen molar-refractivity contribution < 1.29 is 0 Å². The van der Waals surface area contributed by atoms with Crippen LogP contribution in [0.4, 0.5) is 10.8 Å². The van der Waals surface area contributed by atoms with E-state index in [9.17, 15) is 0 Å². The smallest absolute Gasteiger partial charge is 0.209 e. The first-order valence-electron chi connectivity index (χ1n) is 6.58. The average molecular weight is 276 g/mol. The highest BCUT2D eigenvalue weighted by Gasteiger charge is 2.15. The molecule has 0 fully saturated rings. The van der Waals surface area contributed by atoms with Gasteiger partial charge in [-0.2, -0.15) is 4.37 Å². The Kier molecular flexibility index (Phi) is 4.87. The van der Waals surface area contributed by atoms with Crippen molar-refractivity contribution >= 4 is 22.4 Å². The molecule has 4 nitrogen and oxygen atoms in total. The lowest BCUT2D eigenvalue weighted by Gasteiger charge is -2.21. The summed E-state index contributed by atoms with van der Waals surface area (Å²) in [5, 5.41) is 0.948. The molecule has 0 aliphatic carbocycles. The first kappa shape index (κ1) is 14.0. The lowest BCUT2D eigenvalue weighted by molar-refractivity contribution is 0.784. The molecule has 102 valence electrons. The van der Waals surface area contributed by atoms with E-state index in [0.717, 1.165) is 29.6 Å². The largest absolute Gasteiger partial charge is 0.330 e. The van der Waals surface area contributed by atoms with E-state index in [2.05, 4.69) is 40.2 Å². The van der Waals surface area contributed by atoms with E-state index >= 15 is 0 Å². The molecule has 1 aromatic heterocycles. The molecule has 0 spiro atoms. The zero-order valence-electron chi connectivity index (χ0n) is 11.4. The van der Waals surface area contributed by atoms with Crippen molar-refractivity contribution in [3.63, 3.8) is 0 Å². The Morgan fingerprint density at radius 2 is 2.00 bits per heavy atom. The topological polar surface area (TPSA) is 55.0 Å². The molecule has 2 rings (SSSR count). The van der Waals surface area contributed by atoms with Gasteiger partial charge in [-0.3, -0.25) is 0 Å². The molecule has 0 atom stereocenters. The van der Waals surface area contributed by atoms with Crippen LogP contribution in [-0.4, -0.2) is 22.4 Å². The van der Waals surface area contributed by atoms with Gasteiger partial charge in [-0.15, -0.1) is 0 Å². The predicted molar refractivity (Wildman–Crippen MR) is 81.1 cm³/mol. The molecule has 0 saturated heterocycles. The summed E-state index contributed by atoms with van der Waals surface area (Å²) in [5.74, 6) is 1.27. The highest BCUT2D eigenvalue weighted by Crippen LogP contribution is 2.28. The van der Waals surface area contributed by atoms with E-state index in [1.54, 1.807) is 0 Å². The molecule has 0 bridgehead atoms. The van der Waals surface area contributed by atoms with Crippen LogP contribution in [0.25, 0.3) is 0 Å². The summed E-state index contributed by atoms with van der Waals surface area (Å²) in [6, 6.07) is 10.3. The van der Waals surface area contributed by atoms with Crippen molar-refractivity contribution in [1.29, 1.82) is 0 Å². The van der Waals surface area contributed by atoms with E-state index < -0.39 is 0 Å². The molecular weight excluding hydrogens is 256 g/mol. The van der Waals surface area contributed by atoms with Crippen LogP contribution in [0.15, 0.2) is 30.3 Å². The SMILES string of the molecule is CC(C)c1nsc(N(CCCN)c2ccccc2)n1. The molecule has 19 heavy (non-hydrogen) atoms. The molecule has 0 amide bonds. The van der Waals surface area contributed by atoms with Gasteiger partial charge in [0.2, 0.25) is 5.13 Å². The quantitative estimate of drug-likeness (QED) is 0.880. The van der Waals surface area contributed by atoms with E-state index in [-0.39, 0.29) is 0 Å². The minimum absolute atomic E-state index is 0.358. The van der Waals surface area contributed by atoms with Gasteiger partial charge in [0, 0.05) is 29.7 Å². The Hall–Kier alpha value is -1.46. The van der Waals surface area contributed by atoms with Gasteiger partial charge in [0.15, 0.2) is 0 Å². The van der Waals surface area contributed by atoms with Gasteiger partial charge in [0.25, 0.3) is 0 Å². The average Bonchev–Trinajstić information content (AvgIpc) is 2.90. The zero-order valence-corrected chi connectivity index (χ0v) is 12.2. The number of hydrogen-bond donors (Lipinski definition) is 1. The number of nitrogens with zero attached hydrogens (tertiary/aromatic N) is 3. The van der Waals surface area contributed by atoms with Crippen molar-refractivity contribution in [2.75, 3.05) is 18.0 Å². The Morgan fingerprint density at radius 3 is 2.58 bits per heavy atom. The Bertz CT molecular complexity index is 495. The minimum atomic E-state index is 0.358. The summed E-state index contributed by atoms with van der Waals surface area (Å²) < 4.78 is 4.43. The van der Waals surface area contributed by atoms with E-state index in [1.807, 2.05) is 18.2 Å². The van der Waals surface area contributed by atoms with Gasteiger partial charge >= 0.3 is 0 Å². The van der Waals surface area contributed by atoms with Crippen molar-refractivity contribution in [3.05, 3.63) is 36.2 Å². The highest BCUT2D eigenvalue weighted by atomic mass is 32.1. The van der Waals surface area contributed by atoms with Crippen molar-refractivity contribution in [3.8, 4) is 0 Å². The number of hydrogen-bond acceptors (Lipinski definition) is 5. The third-order valence-electron chi connectivity index (χ3n) is 2.83. The van der Waals surface area contributed by atoms with Gasteiger partial charge in [-0.1, -0.05) is 32.0 Å².